The Kier molecular flexibility index (Phi) is 3.91. The summed E-state index contributed by atoms with van der Waals surface area (Å²) in [6.45, 7) is 3.63. The molecule has 0 saturated heterocycles. The second-order valence-corrected chi connectivity index (χ2v) is 2.00. The summed E-state index contributed by atoms with van der Waals surface area (Å²) in [5.41, 5.74) is 1.12. The molecule has 2 nitrogen and oxygen atoms in total. The molecule has 0 spiro atoms. The van der Waals surface area contributed by atoms with Crippen molar-refractivity contribution in [2.75, 3.05) is 0 Å². The zero-order valence-electron chi connectivity index (χ0n) is 5.78. The molecule has 1 aromatic rings. The number of rotatable bonds is 1. The second-order valence-electron chi connectivity index (χ2n) is 2.00. The van der Waals surface area contributed by atoms with Crippen molar-refractivity contribution in [3.8, 4) is 0 Å². The molecule has 0 aromatic heterocycles. The first-order valence-corrected chi connectivity index (χ1v) is 2.85. The van der Waals surface area contributed by atoms with Crippen molar-refractivity contribution in [2.24, 2.45) is 0 Å². The Bertz CT molecular complexity index is 241. The van der Waals surface area contributed by atoms with Crippen LogP contribution in [0.4, 0.5) is 0 Å². The molecule has 11 heavy (non-hydrogen) atoms. The minimum Gasteiger partial charge on any atom is -0.478 e. The van der Waals surface area contributed by atoms with Gasteiger partial charge in [-0.3, -0.25) is 0 Å². The number of carbonyl (C=O) groups is 1. The van der Waals surface area contributed by atoms with E-state index < -0.39 is 5.97 Å². The van der Waals surface area contributed by atoms with Crippen LogP contribution in [0.1, 0.15) is 15.9 Å². The van der Waals surface area contributed by atoms with E-state index in [1.807, 2.05) is 0 Å². The number of hydrogen-bond donors (Lipinski definition) is 1. The molecule has 1 rings (SSSR count). The fraction of sp³-hybridized carbons (Fsp3) is 0. The minimum absolute atomic E-state index is 0. The van der Waals surface area contributed by atoms with Crippen LogP contribution < -0.4 is 0 Å². The summed E-state index contributed by atoms with van der Waals surface area (Å²) in [4.78, 5) is 10.3. The third-order valence-corrected chi connectivity index (χ3v) is 1.20. The predicted molar refractivity (Wildman–Crippen MR) is 37.9 cm³/mol. The Morgan fingerprint density at radius 2 is 1.73 bits per heavy atom. The smallest absolute Gasteiger partial charge is 0.333 e. The molecular formula is C8H7O2W-. The van der Waals surface area contributed by atoms with Gasteiger partial charge in [0, 0.05) is 26.6 Å². The molecule has 0 atom stereocenters. The summed E-state index contributed by atoms with van der Waals surface area (Å²) in [6.07, 6.45) is 0. The fourth-order valence-corrected chi connectivity index (χ4v) is 0.647. The van der Waals surface area contributed by atoms with Gasteiger partial charge in [-0.2, -0.15) is 24.6 Å². The number of aromatic carboxylic acids is 1. The van der Waals surface area contributed by atoms with Gasteiger partial charge in [0.1, 0.15) is 0 Å². The Morgan fingerprint density at radius 1 is 1.27 bits per heavy atom. The third kappa shape index (κ3) is 2.77. The topological polar surface area (TPSA) is 37.3 Å². The van der Waals surface area contributed by atoms with Crippen LogP contribution in [0.5, 0.6) is 0 Å². The van der Waals surface area contributed by atoms with Crippen molar-refractivity contribution in [2.45, 2.75) is 0 Å². The summed E-state index contributed by atoms with van der Waals surface area (Å²) in [6, 6.07) is 6.40. The first-order valence-electron chi connectivity index (χ1n) is 2.85. The molecule has 0 bridgehead atoms. The Labute approximate surface area is 79.5 Å². The van der Waals surface area contributed by atoms with E-state index in [4.69, 9.17) is 5.11 Å². The maximum Gasteiger partial charge on any atom is 0.333 e. The zero-order valence-corrected chi connectivity index (χ0v) is 8.71. The van der Waals surface area contributed by atoms with Gasteiger partial charge >= 0.3 is 5.97 Å². The Morgan fingerprint density at radius 3 is 2.09 bits per heavy atom. The molecule has 0 aliphatic carbocycles. The monoisotopic (exact) mass is 319 g/mol. The minimum atomic E-state index is -0.903. The molecule has 1 aromatic carbocycles. The van der Waals surface area contributed by atoms with E-state index in [1.54, 1.807) is 12.1 Å². The molecule has 3 heteroatoms. The van der Waals surface area contributed by atoms with E-state index in [-0.39, 0.29) is 21.1 Å². The zero-order chi connectivity index (χ0) is 7.56. The van der Waals surface area contributed by atoms with Gasteiger partial charge < -0.3 is 5.11 Å². The van der Waals surface area contributed by atoms with Crippen molar-refractivity contribution in [3.63, 3.8) is 0 Å². The quantitative estimate of drug-likeness (QED) is 0.798. The van der Waals surface area contributed by atoms with Gasteiger partial charge in [-0.05, 0) is 0 Å². The largest absolute Gasteiger partial charge is 0.478 e. The summed E-state index contributed by atoms with van der Waals surface area (Å²) >= 11 is 0. The Hall–Kier alpha value is -0.752. The molecular weight excluding hydrogens is 312 g/mol. The molecule has 0 fully saturated rings. The molecule has 0 heterocycles. The average molecular weight is 319 g/mol. The van der Waals surface area contributed by atoms with Crippen LogP contribution in [0.2, 0.25) is 0 Å². The fourth-order valence-electron chi connectivity index (χ4n) is 0.647. The van der Waals surface area contributed by atoms with Crippen LogP contribution in [0.3, 0.4) is 0 Å². The molecule has 0 unspecified atom stereocenters. The van der Waals surface area contributed by atoms with Crippen LogP contribution in [0, 0.1) is 6.92 Å². The van der Waals surface area contributed by atoms with Crippen LogP contribution in [0.15, 0.2) is 24.3 Å². The van der Waals surface area contributed by atoms with Gasteiger partial charge in [0.25, 0.3) is 0 Å². The Balaban J connectivity index is 0.000001000. The summed E-state index contributed by atoms with van der Waals surface area (Å²) < 4.78 is 0. The van der Waals surface area contributed by atoms with Gasteiger partial charge in [-0.15, -0.1) is 12.1 Å². The van der Waals surface area contributed by atoms with Crippen LogP contribution >= 0.6 is 0 Å². The number of hydrogen-bond acceptors (Lipinski definition) is 1. The maximum absolute atomic E-state index is 10.3. The summed E-state index contributed by atoms with van der Waals surface area (Å²) in [5, 5.41) is 8.46. The normalized spacial score (nSPS) is 8.36. The van der Waals surface area contributed by atoms with E-state index in [0.29, 0.717) is 5.56 Å². The van der Waals surface area contributed by atoms with Crippen molar-refractivity contribution in [1.82, 2.24) is 0 Å². The van der Waals surface area contributed by atoms with Crippen molar-refractivity contribution >= 4 is 5.97 Å². The van der Waals surface area contributed by atoms with Gasteiger partial charge in [-0.1, -0.05) is 0 Å². The first kappa shape index (κ1) is 10.2. The molecule has 0 aliphatic rings. The number of benzene rings is 1. The number of carboxylic acid groups (broad SMARTS) is 1. The molecule has 0 amide bonds. The van der Waals surface area contributed by atoms with E-state index in [9.17, 15) is 4.79 Å². The van der Waals surface area contributed by atoms with E-state index >= 15 is 0 Å². The van der Waals surface area contributed by atoms with Crippen LogP contribution in [0.25, 0.3) is 0 Å². The predicted octanol–water partition coefficient (Wildman–Crippen LogP) is 1.56. The molecule has 0 radical (unpaired) electrons. The second kappa shape index (κ2) is 4.19. The molecule has 58 valence electrons. The van der Waals surface area contributed by atoms with Gasteiger partial charge in [0.2, 0.25) is 0 Å². The van der Waals surface area contributed by atoms with Gasteiger partial charge in [0.15, 0.2) is 0 Å². The SMILES string of the molecule is [CH2-]c1ccc(C(=O)O)cc1.[W]. The summed E-state index contributed by atoms with van der Waals surface area (Å²) in [7, 11) is 0. The first-order chi connectivity index (χ1) is 4.70. The van der Waals surface area contributed by atoms with E-state index in [0.717, 1.165) is 5.56 Å². The summed E-state index contributed by atoms with van der Waals surface area (Å²) in [5.74, 6) is -0.903. The van der Waals surface area contributed by atoms with Crippen molar-refractivity contribution in [3.05, 3.63) is 42.3 Å². The molecule has 1 N–H and O–H groups in total. The molecule has 0 saturated carbocycles. The average Bonchev–Trinajstić information content (AvgIpc) is 1.88. The third-order valence-electron chi connectivity index (χ3n) is 1.20. The van der Waals surface area contributed by atoms with Gasteiger partial charge in [0.05, 0.1) is 0 Å². The van der Waals surface area contributed by atoms with Crippen LogP contribution in [-0.4, -0.2) is 11.1 Å². The number of carboxylic acids is 1. The molecule has 0 aliphatic heterocycles. The van der Waals surface area contributed by atoms with Gasteiger partial charge in [-0.25, -0.2) is 4.79 Å². The van der Waals surface area contributed by atoms with E-state index in [2.05, 4.69) is 6.92 Å². The van der Waals surface area contributed by atoms with E-state index in [1.165, 1.54) is 12.1 Å². The van der Waals surface area contributed by atoms with Crippen molar-refractivity contribution in [1.29, 1.82) is 0 Å². The van der Waals surface area contributed by atoms with Crippen LogP contribution in [-0.2, 0) is 21.1 Å². The van der Waals surface area contributed by atoms with Crippen molar-refractivity contribution < 1.29 is 31.0 Å². The maximum atomic E-state index is 10.3. The standard InChI is InChI=1S/C8H7O2.W/c1-6-2-4-7(5-3-6)8(9)10;/h2-5H,1H2,(H,9,10);/q-1;.